The Labute approximate surface area is 101 Å². The molecule has 2 heterocycles. The molecule has 0 radical (unpaired) electrons. The van der Waals surface area contributed by atoms with Crippen molar-refractivity contribution in [2.45, 2.75) is 25.8 Å². The van der Waals surface area contributed by atoms with E-state index in [1.807, 2.05) is 19.2 Å². The molecule has 0 saturated carbocycles. The maximum atomic E-state index is 9.05. The summed E-state index contributed by atoms with van der Waals surface area (Å²) >= 11 is 0. The second kappa shape index (κ2) is 3.97. The average Bonchev–Trinajstić information content (AvgIpc) is 2.92. The Morgan fingerprint density at radius 3 is 3.24 bits per heavy atom. The van der Waals surface area contributed by atoms with E-state index in [9.17, 15) is 0 Å². The Hall–Kier alpha value is -1.66. The van der Waals surface area contributed by atoms with Gasteiger partial charge in [0.25, 0.3) is 0 Å². The van der Waals surface area contributed by atoms with Gasteiger partial charge in [0.2, 0.25) is 0 Å². The normalized spacial score (nSPS) is 26.5. The van der Waals surface area contributed by atoms with Crippen LogP contribution in [0.2, 0.25) is 0 Å². The lowest BCUT2D eigenvalue weighted by atomic mass is 9.96. The van der Waals surface area contributed by atoms with E-state index in [1.54, 1.807) is 0 Å². The first-order valence-corrected chi connectivity index (χ1v) is 6.10. The zero-order valence-corrected chi connectivity index (χ0v) is 9.90. The van der Waals surface area contributed by atoms with Crippen LogP contribution in [0.1, 0.15) is 29.7 Å². The third-order valence-electron chi connectivity index (χ3n) is 3.87. The first kappa shape index (κ1) is 10.5. The van der Waals surface area contributed by atoms with Crippen LogP contribution in [0, 0.1) is 24.2 Å². The van der Waals surface area contributed by atoms with E-state index in [2.05, 4.69) is 22.4 Å². The van der Waals surface area contributed by atoms with E-state index in [1.165, 1.54) is 12.0 Å². The molecule has 1 saturated heterocycles. The third kappa shape index (κ3) is 1.65. The molecule has 0 amide bonds. The Bertz CT molecular complexity index is 525. The van der Waals surface area contributed by atoms with Gasteiger partial charge in [0, 0.05) is 12.2 Å². The average molecular weight is 225 g/mol. The smallest absolute Gasteiger partial charge is 0.101 e. The van der Waals surface area contributed by atoms with Gasteiger partial charge < -0.3 is 5.32 Å². The number of nitrogens with zero attached hydrogens (tertiary/aromatic N) is 2. The summed E-state index contributed by atoms with van der Waals surface area (Å²) in [6.45, 7) is 2.99. The molecule has 1 aromatic heterocycles. The summed E-state index contributed by atoms with van der Waals surface area (Å²) in [4.78, 5) is 4.32. The van der Waals surface area contributed by atoms with Gasteiger partial charge in [0.15, 0.2) is 0 Å². The van der Waals surface area contributed by atoms with Gasteiger partial charge >= 0.3 is 0 Å². The highest BCUT2D eigenvalue weighted by Crippen LogP contribution is 2.37. The topological polar surface area (TPSA) is 48.7 Å². The number of nitrogens with one attached hydrogen (secondary N) is 1. The minimum Gasteiger partial charge on any atom is -0.310 e. The minimum atomic E-state index is 0.478. The molecule has 0 aromatic carbocycles. The third-order valence-corrected chi connectivity index (χ3v) is 3.87. The second-order valence-corrected chi connectivity index (χ2v) is 4.84. The van der Waals surface area contributed by atoms with Crippen molar-refractivity contribution in [3.8, 4) is 6.07 Å². The van der Waals surface area contributed by atoms with Crippen molar-refractivity contribution >= 4 is 5.57 Å². The molecule has 2 aliphatic rings. The van der Waals surface area contributed by atoms with E-state index in [-0.39, 0.29) is 0 Å². The number of aryl methyl sites for hydroxylation is 1. The number of rotatable bonds is 1. The summed E-state index contributed by atoms with van der Waals surface area (Å²) in [5, 5.41) is 12.6. The monoisotopic (exact) mass is 225 g/mol. The summed E-state index contributed by atoms with van der Waals surface area (Å²) in [6.07, 6.45) is 6.61. The maximum Gasteiger partial charge on any atom is 0.101 e. The van der Waals surface area contributed by atoms with Crippen LogP contribution in [0.25, 0.3) is 5.57 Å². The predicted molar refractivity (Wildman–Crippen MR) is 66.2 cm³/mol. The van der Waals surface area contributed by atoms with Crippen molar-refractivity contribution in [1.82, 2.24) is 10.3 Å². The zero-order valence-electron chi connectivity index (χ0n) is 9.90. The molecule has 0 unspecified atom stereocenters. The summed E-state index contributed by atoms with van der Waals surface area (Å²) in [7, 11) is 0. The first-order valence-electron chi connectivity index (χ1n) is 6.10. The Morgan fingerprint density at radius 2 is 2.41 bits per heavy atom. The van der Waals surface area contributed by atoms with Crippen LogP contribution in [-0.4, -0.2) is 17.6 Å². The van der Waals surface area contributed by atoms with Crippen molar-refractivity contribution in [2.75, 3.05) is 6.54 Å². The molecule has 3 rings (SSSR count). The summed E-state index contributed by atoms with van der Waals surface area (Å²) in [5.74, 6) is 0.747. The van der Waals surface area contributed by atoms with E-state index >= 15 is 0 Å². The van der Waals surface area contributed by atoms with Crippen LogP contribution in [0.15, 0.2) is 18.3 Å². The highest BCUT2D eigenvalue weighted by Gasteiger charge is 2.34. The maximum absolute atomic E-state index is 9.05. The number of hydrogen-bond acceptors (Lipinski definition) is 3. The molecule has 86 valence electrons. The quantitative estimate of drug-likeness (QED) is 0.795. The van der Waals surface area contributed by atoms with Crippen molar-refractivity contribution in [1.29, 1.82) is 5.26 Å². The number of hydrogen-bond donors (Lipinski definition) is 1. The lowest BCUT2D eigenvalue weighted by Gasteiger charge is -2.15. The van der Waals surface area contributed by atoms with Crippen molar-refractivity contribution in [2.24, 2.45) is 5.92 Å². The molecule has 0 bridgehead atoms. The van der Waals surface area contributed by atoms with E-state index < -0.39 is 0 Å². The van der Waals surface area contributed by atoms with Crippen molar-refractivity contribution < 1.29 is 0 Å². The van der Waals surface area contributed by atoms with E-state index in [4.69, 9.17) is 5.26 Å². The number of pyridine rings is 1. The molecular formula is C14H15N3. The zero-order chi connectivity index (χ0) is 11.8. The van der Waals surface area contributed by atoms with Gasteiger partial charge in [-0.1, -0.05) is 6.08 Å². The van der Waals surface area contributed by atoms with Gasteiger partial charge in [0.05, 0.1) is 11.3 Å². The van der Waals surface area contributed by atoms with Crippen molar-refractivity contribution in [3.05, 3.63) is 35.2 Å². The minimum absolute atomic E-state index is 0.478. The van der Waals surface area contributed by atoms with Gasteiger partial charge in [-0.05, 0) is 49.4 Å². The van der Waals surface area contributed by atoms with Crippen LogP contribution < -0.4 is 5.32 Å². The summed E-state index contributed by atoms with van der Waals surface area (Å²) < 4.78 is 0. The van der Waals surface area contributed by atoms with E-state index in [0.717, 1.165) is 30.1 Å². The fourth-order valence-electron chi connectivity index (χ4n) is 2.88. The van der Waals surface area contributed by atoms with Gasteiger partial charge in [-0.15, -0.1) is 0 Å². The summed E-state index contributed by atoms with van der Waals surface area (Å²) in [6, 6.07) is 4.66. The van der Waals surface area contributed by atoms with Crippen molar-refractivity contribution in [3.63, 3.8) is 0 Å². The first-order chi connectivity index (χ1) is 8.29. The van der Waals surface area contributed by atoms with Crippen LogP contribution in [0.5, 0.6) is 0 Å². The molecule has 17 heavy (non-hydrogen) atoms. The summed E-state index contributed by atoms with van der Waals surface area (Å²) in [5.41, 5.74) is 3.93. The molecule has 2 atom stereocenters. The van der Waals surface area contributed by atoms with Gasteiger partial charge in [-0.25, -0.2) is 0 Å². The fraction of sp³-hybridized carbons (Fsp3) is 0.429. The van der Waals surface area contributed by atoms with Crippen LogP contribution in [0.4, 0.5) is 0 Å². The lowest BCUT2D eigenvalue weighted by molar-refractivity contribution is 0.557. The van der Waals surface area contributed by atoms with Gasteiger partial charge in [-0.2, -0.15) is 5.26 Å². The van der Waals surface area contributed by atoms with E-state index in [0.29, 0.717) is 11.6 Å². The van der Waals surface area contributed by atoms with Gasteiger partial charge in [-0.3, -0.25) is 4.98 Å². The molecule has 3 heteroatoms. The molecule has 1 fully saturated rings. The SMILES string of the molecule is Cc1ncc(C2=CC[C@@H]3CCN[C@H]23)cc1C#N. The standard InChI is InChI=1S/C14H15N3/c1-9-11(7-15)6-12(8-17-9)13-3-2-10-4-5-16-14(10)13/h3,6,8,10,14,16H,2,4-5H2,1H3/t10-,14+/m1/s1. The number of nitriles is 1. The number of aromatic nitrogens is 1. The molecule has 1 N–H and O–H groups in total. The number of fused-ring (bicyclic) bond motifs is 1. The van der Waals surface area contributed by atoms with Crippen LogP contribution in [-0.2, 0) is 0 Å². The van der Waals surface area contributed by atoms with Crippen LogP contribution >= 0.6 is 0 Å². The molecular weight excluding hydrogens is 210 g/mol. The van der Waals surface area contributed by atoms with Crippen LogP contribution in [0.3, 0.4) is 0 Å². The molecule has 3 nitrogen and oxygen atoms in total. The molecule has 0 spiro atoms. The number of allylic oxidation sites excluding steroid dienone is 1. The highest BCUT2D eigenvalue weighted by molar-refractivity contribution is 5.73. The predicted octanol–water partition coefficient (Wildman–Crippen LogP) is 2.03. The largest absolute Gasteiger partial charge is 0.310 e. The lowest BCUT2D eigenvalue weighted by Crippen LogP contribution is -2.25. The Morgan fingerprint density at radius 1 is 1.53 bits per heavy atom. The molecule has 1 aliphatic carbocycles. The molecule has 1 aromatic rings. The Balaban J connectivity index is 1.98. The van der Waals surface area contributed by atoms with Gasteiger partial charge in [0.1, 0.15) is 6.07 Å². The molecule has 1 aliphatic heterocycles. The highest BCUT2D eigenvalue weighted by atomic mass is 15.0. The second-order valence-electron chi connectivity index (χ2n) is 4.84. The Kier molecular flexibility index (Phi) is 2.45. The fourth-order valence-corrected chi connectivity index (χ4v) is 2.88.